The fourth-order valence-electron chi connectivity index (χ4n) is 1.77. The second-order valence-corrected chi connectivity index (χ2v) is 6.02. The van der Waals surface area contributed by atoms with Crippen molar-refractivity contribution in [1.29, 1.82) is 5.26 Å². The van der Waals surface area contributed by atoms with Crippen LogP contribution in [0.15, 0.2) is 18.2 Å². The number of nitrogens with zero attached hydrogens (tertiary/aromatic N) is 2. The first-order valence-electron chi connectivity index (χ1n) is 7.18. The van der Waals surface area contributed by atoms with E-state index in [4.69, 9.17) is 10.00 Å². The molecule has 1 amide bonds. The molecule has 3 N–H and O–H groups in total. The van der Waals surface area contributed by atoms with Crippen LogP contribution in [0.25, 0.3) is 0 Å². The SMILES string of the molecule is CC(C)(C)OC(=O)N[C@@H](CNc1cc(C#N)ccc1[N+](=O)[O-])C(=O)O. The van der Waals surface area contributed by atoms with Crippen LogP contribution in [0.5, 0.6) is 0 Å². The second-order valence-electron chi connectivity index (χ2n) is 6.02. The Bertz CT molecular complexity index is 720. The van der Waals surface area contributed by atoms with Crippen molar-refractivity contribution in [2.45, 2.75) is 32.4 Å². The van der Waals surface area contributed by atoms with Gasteiger partial charge < -0.3 is 20.5 Å². The third-order valence-electron chi connectivity index (χ3n) is 2.81. The molecule has 1 aromatic rings. The maximum atomic E-state index is 11.7. The van der Waals surface area contributed by atoms with Gasteiger partial charge in [0, 0.05) is 12.6 Å². The number of carbonyl (C=O) groups excluding carboxylic acids is 1. The van der Waals surface area contributed by atoms with Gasteiger partial charge in [0.05, 0.1) is 16.6 Å². The predicted octanol–water partition coefficient (Wildman–Crippen LogP) is 1.86. The molecule has 0 heterocycles. The fourth-order valence-corrected chi connectivity index (χ4v) is 1.77. The molecule has 1 atom stereocenters. The number of carboxylic acid groups (broad SMARTS) is 1. The van der Waals surface area contributed by atoms with E-state index in [1.165, 1.54) is 12.1 Å². The number of nitrogens with one attached hydrogen (secondary N) is 2. The van der Waals surface area contributed by atoms with Crippen LogP contribution in [0.1, 0.15) is 26.3 Å². The highest BCUT2D eigenvalue weighted by Crippen LogP contribution is 2.25. The predicted molar refractivity (Wildman–Crippen MR) is 87.1 cm³/mol. The maximum absolute atomic E-state index is 11.7. The number of benzene rings is 1. The Morgan fingerprint density at radius 1 is 1.44 bits per heavy atom. The lowest BCUT2D eigenvalue weighted by Gasteiger charge is -2.22. The summed E-state index contributed by atoms with van der Waals surface area (Å²) in [5, 5.41) is 33.8. The summed E-state index contributed by atoms with van der Waals surface area (Å²) in [6.07, 6.45) is -0.929. The van der Waals surface area contributed by atoms with E-state index in [1.807, 2.05) is 6.07 Å². The van der Waals surface area contributed by atoms with Gasteiger partial charge in [0.15, 0.2) is 0 Å². The number of amides is 1. The van der Waals surface area contributed by atoms with Gasteiger partial charge in [0.1, 0.15) is 17.3 Å². The molecule has 0 saturated heterocycles. The average Bonchev–Trinajstić information content (AvgIpc) is 2.48. The van der Waals surface area contributed by atoms with Crippen LogP contribution in [0, 0.1) is 21.4 Å². The molecule has 0 aliphatic rings. The summed E-state index contributed by atoms with van der Waals surface area (Å²) in [7, 11) is 0. The summed E-state index contributed by atoms with van der Waals surface area (Å²) < 4.78 is 4.98. The van der Waals surface area contributed by atoms with E-state index in [0.29, 0.717) is 0 Å². The van der Waals surface area contributed by atoms with E-state index in [2.05, 4.69) is 10.6 Å². The van der Waals surface area contributed by atoms with Gasteiger partial charge in [0.25, 0.3) is 5.69 Å². The molecule has 10 heteroatoms. The Labute approximate surface area is 143 Å². The highest BCUT2D eigenvalue weighted by molar-refractivity contribution is 5.81. The molecular formula is C15H18N4O6. The molecule has 0 aliphatic heterocycles. The number of hydrogen-bond donors (Lipinski definition) is 3. The highest BCUT2D eigenvalue weighted by Gasteiger charge is 2.25. The lowest BCUT2D eigenvalue weighted by Crippen LogP contribution is -2.47. The summed E-state index contributed by atoms with van der Waals surface area (Å²) in [6, 6.07) is 4.08. The quantitative estimate of drug-likeness (QED) is 0.518. The molecule has 10 nitrogen and oxygen atoms in total. The van der Waals surface area contributed by atoms with Crippen molar-refractivity contribution in [3.05, 3.63) is 33.9 Å². The smallest absolute Gasteiger partial charge is 0.408 e. The summed E-state index contributed by atoms with van der Waals surface area (Å²) in [4.78, 5) is 33.3. The van der Waals surface area contributed by atoms with E-state index in [9.17, 15) is 24.8 Å². The first kappa shape index (κ1) is 19.7. The van der Waals surface area contributed by atoms with E-state index in [1.54, 1.807) is 20.8 Å². The zero-order chi connectivity index (χ0) is 19.2. The minimum Gasteiger partial charge on any atom is -0.480 e. The summed E-state index contributed by atoms with van der Waals surface area (Å²) in [5.41, 5.74) is -0.984. The van der Waals surface area contributed by atoms with E-state index < -0.39 is 28.6 Å². The van der Waals surface area contributed by atoms with Gasteiger partial charge in [-0.05, 0) is 32.9 Å². The maximum Gasteiger partial charge on any atom is 0.408 e. The number of carbonyl (C=O) groups is 2. The van der Waals surface area contributed by atoms with Crippen LogP contribution in [-0.4, -0.2) is 40.3 Å². The molecule has 0 radical (unpaired) electrons. The van der Waals surface area contributed by atoms with Crippen molar-refractivity contribution in [2.75, 3.05) is 11.9 Å². The number of rotatable bonds is 6. The van der Waals surface area contributed by atoms with Crippen LogP contribution in [0.3, 0.4) is 0 Å². The minimum absolute atomic E-state index is 0.0266. The minimum atomic E-state index is -1.39. The Balaban J connectivity index is 2.88. The zero-order valence-electron chi connectivity index (χ0n) is 13.9. The van der Waals surface area contributed by atoms with Crippen LogP contribution < -0.4 is 10.6 Å². The third kappa shape index (κ3) is 6.34. The molecular weight excluding hydrogens is 332 g/mol. The molecule has 0 fully saturated rings. The number of hydrogen-bond acceptors (Lipinski definition) is 7. The number of aliphatic carboxylic acids is 1. The molecule has 0 spiro atoms. The number of ether oxygens (including phenoxy) is 1. The summed E-state index contributed by atoms with van der Waals surface area (Å²) in [6.45, 7) is 4.52. The Morgan fingerprint density at radius 2 is 2.08 bits per heavy atom. The van der Waals surface area contributed by atoms with Crippen molar-refractivity contribution < 1.29 is 24.4 Å². The van der Waals surface area contributed by atoms with E-state index in [-0.39, 0.29) is 23.5 Å². The third-order valence-corrected chi connectivity index (χ3v) is 2.81. The fraction of sp³-hybridized carbons (Fsp3) is 0.400. The lowest BCUT2D eigenvalue weighted by atomic mass is 10.1. The first-order chi connectivity index (χ1) is 11.5. The number of nitro groups is 1. The van der Waals surface area contributed by atoms with Crippen molar-refractivity contribution in [2.24, 2.45) is 0 Å². The van der Waals surface area contributed by atoms with E-state index >= 15 is 0 Å². The molecule has 0 aromatic heterocycles. The largest absolute Gasteiger partial charge is 0.480 e. The summed E-state index contributed by atoms with van der Waals surface area (Å²) in [5.74, 6) is -1.35. The first-order valence-corrected chi connectivity index (χ1v) is 7.18. The molecule has 1 rings (SSSR count). The van der Waals surface area contributed by atoms with Crippen molar-refractivity contribution in [3.8, 4) is 6.07 Å². The van der Waals surface area contributed by atoms with Gasteiger partial charge in [-0.15, -0.1) is 0 Å². The Hall–Kier alpha value is -3.35. The van der Waals surface area contributed by atoms with Crippen LogP contribution in [0.2, 0.25) is 0 Å². The van der Waals surface area contributed by atoms with Crippen molar-refractivity contribution in [3.63, 3.8) is 0 Å². The molecule has 0 aliphatic carbocycles. The number of alkyl carbamates (subject to hydrolysis) is 1. The lowest BCUT2D eigenvalue weighted by molar-refractivity contribution is -0.384. The topological polar surface area (TPSA) is 155 Å². The molecule has 25 heavy (non-hydrogen) atoms. The number of anilines is 1. The average molecular weight is 350 g/mol. The van der Waals surface area contributed by atoms with Gasteiger partial charge >= 0.3 is 12.1 Å². The van der Waals surface area contributed by atoms with Gasteiger partial charge in [-0.3, -0.25) is 10.1 Å². The van der Waals surface area contributed by atoms with Crippen molar-refractivity contribution in [1.82, 2.24) is 5.32 Å². The number of nitro benzene ring substituents is 1. The summed E-state index contributed by atoms with van der Waals surface area (Å²) >= 11 is 0. The monoisotopic (exact) mass is 350 g/mol. The van der Waals surface area contributed by atoms with Gasteiger partial charge in [0.2, 0.25) is 0 Å². The standard InChI is InChI=1S/C15H18N4O6/c1-15(2,3)25-14(22)18-11(13(20)21)8-17-10-6-9(7-16)4-5-12(10)19(23)24/h4-6,11,17H,8H2,1-3H3,(H,18,22)(H,20,21)/t11-/m0/s1. The second kappa shape index (κ2) is 7.96. The molecule has 0 saturated carbocycles. The molecule has 0 bridgehead atoms. The number of carboxylic acids is 1. The van der Waals surface area contributed by atoms with Crippen LogP contribution in [0.4, 0.5) is 16.2 Å². The molecule has 0 unspecified atom stereocenters. The van der Waals surface area contributed by atoms with Gasteiger partial charge in [-0.25, -0.2) is 9.59 Å². The molecule has 1 aromatic carbocycles. The number of nitriles is 1. The van der Waals surface area contributed by atoms with Crippen molar-refractivity contribution >= 4 is 23.4 Å². The zero-order valence-corrected chi connectivity index (χ0v) is 13.9. The van der Waals surface area contributed by atoms with Crippen LogP contribution in [-0.2, 0) is 9.53 Å². The van der Waals surface area contributed by atoms with Gasteiger partial charge in [-0.2, -0.15) is 5.26 Å². The molecule has 134 valence electrons. The highest BCUT2D eigenvalue weighted by atomic mass is 16.6. The normalized spacial score (nSPS) is 11.8. The van der Waals surface area contributed by atoms with Gasteiger partial charge in [-0.1, -0.05) is 0 Å². The Morgan fingerprint density at radius 3 is 2.56 bits per heavy atom. The van der Waals surface area contributed by atoms with E-state index in [0.717, 1.165) is 6.07 Å². The Kier molecular flexibility index (Phi) is 6.27. The van der Waals surface area contributed by atoms with Crippen LogP contribution >= 0.6 is 0 Å².